The zero-order chi connectivity index (χ0) is 18.0. The lowest BCUT2D eigenvalue weighted by Crippen LogP contribution is -2.14. The number of fused-ring (bicyclic) bond motifs is 1. The van der Waals surface area contributed by atoms with Crippen LogP contribution in [0, 0.1) is 24.0 Å². The molecule has 0 aliphatic heterocycles. The van der Waals surface area contributed by atoms with E-state index in [2.05, 4.69) is 35.9 Å². The smallest absolute Gasteiger partial charge is 0.269 e. The number of rotatable bonds is 6. The van der Waals surface area contributed by atoms with Crippen molar-refractivity contribution in [3.8, 4) is 0 Å². The molecule has 1 aromatic heterocycles. The van der Waals surface area contributed by atoms with Crippen molar-refractivity contribution in [2.45, 2.75) is 26.8 Å². The predicted molar refractivity (Wildman–Crippen MR) is 99.0 cm³/mol. The second-order valence-corrected chi connectivity index (χ2v) is 6.32. The first-order valence-corrected chi connectivity index (χ1v) is 8.34. The highest BCUT2D eigenvalue weighted by molar-refractivity contribution is 5.78. The van der Waals surface area contributed by atoms with E-state index in [-0.39, 0.29) is 10.6 Å². The van der Waals surface area contributed by atoms with Crippen molar-refractivity contribution in [2.75, 3.05) is 13.6 Å². The van der Waals surface area contributed by atoms with E-state index in [1.165, 1.54) is 11.1 Å². The molecule has 6 heteroatoms. The van der Waals surface area contributed by atoms with E-state index in [0.717, 1.165) is 35.4 Å². The number of nitrogens with one attached hydrogen (secondary N) is 1. The monoisotopic (exact) mass is 338 g/mol. The number of benzene rings is 2. The summed E-state index contributed by atoms with van der Waals surface area (Å²) in [5.74, 6) is 1.02. The quantitative estimate of drug-likeness (QED) is 0.552. The topological polar surface area (TPSA) is 73.0 Å². The maximum atomic E-state index is 10.8. The fourth-order valence-electron chi connectivity index (χ4n) is 2.94. The molecule has 0 amide bonds. The summed E-state index contributed by atoms with van der Waals surface area (Å²) < 4.78 is 2.21. The summed E-state index contributed by atoms with van der Waals surface area (Å²) in [5, 5.41) is 14.0. The Balaban J connectivity index is 2.02. The van der Waals surface area contributed by atoms with Gasteiger partial charge >= 0.3 is 0 Å². The van der Waals surface area contributed by atoms with Gasteiger partial charge in [-0.1, -0.05) is 12.1 Å². The first-order chi connectivity index (χ1) is 12.0. The van der Waals surface area contributed by atoms with Crippen LogP contribution in [-0.2, 0) is 13.0 Å². The minimum Gasteiger partial charge on any atom is -0.323 e. The van der Waals surface area contributed by atoms with Crippen LogP contribution >= 0.6 is 0 Å². The molecule has 2 aromatic carbocycles. The molecule has 0 saturated heterocycles. The lowest BCUT2D eigenvalue weighted by Gasteiger charge is -2.10. The number of hydrogen-bond acceptors (Lipinski definition) is 4. The van der Waals surface area contributed by atoms with Crippen LogP contribution in [-0.4, -0.2) is 28.1 Å². The van der Waals surface area contributed by atoms with Gasteiger partial charge in [0.05, 0.1) is 16.0 Å². The first-order valence-electron chi connectivity index (χ1n) is 8.34. The summed E-state index contributed by atoms with van der Waals surface area (Å²) in [6, 6.07) is 11.0. The first kappa shape index (κ1) is 17.1. The number of likely N-dealkylation sites (N-methyl/N-ethyl adjacent to an activating group) is 1. The molecule has 0 aliphatic rings. The zero-order valence-electron chi connectivity index (χ0n) is 14.7. The predicted octanol–water partition coefficient (Wildman–Crippen LogP) is 3.37. The maximum Gasteiger partial charge on any atom is 0.269 e. The van der Waals surface area contributed by atoms with Gasteiger partial charge in [0.15, 0.2) is 0 Å². The average Bonchev–Trinajstić information content (AvgIpc) is 2.90. The number of aryl methyl sites for hydroxylation is 2. The summed E-state index contributed by atoms with van der Waals surface area (Å²) in [4.78, 5) is 15.3. The molecule has 6 nitrogen and oxygen atoms in total. The third-order valence-electron chi connectivity index (χ3n) is 4.53. The van der Waals surface area contributed by atoms with Crippen molar-refractivity contribution in [2.24, 2.45) is 0 Å². The molecule has 130 valence electrons. The lowest BCUT2D eigenvalue weighted by molar-refractivity contribution is -0.384. The van der Waals surface area contributed by atoms with Crippen LogP contribution in [0.4, 0.5) is 5.69 Å². The minimum atomic E-state index is -0.374. The average molecular weight is 338 g/mol. The molecule has 3 rings (SSSR count). The van der Waals surface area contributed by atoms with Crippen molar-refractivity contribution >= 4 is 16.7 Å². The molecular weight excluding hydrogens is 316 g/mol. The van der Waals surface area contributed by atoms with Gasteiger partial charge in [0.2, 0.25) is 0 Å². The molecule has 0 saturated carbocycles. The molecule has 0 spiro atoms. The van der Waals surface area contributed by atoms with E-state index >= 15 is 0 Å². The van der Waals surface area contributed by atoms with Crippen molar-refractivity contribution in [1.82, 2.24) is 14.9 Å². The van der Waals surface area contributed by atoms with Crippen LogP contribution in [0.3, 0.4) is 0 Å². The number of imidazole rings is 1. The summed E-state index contributed by atoms with van der Waals surface area (Å²) in [6.45, 7) is 5.69. The van der Waals surface area contributed by atoms with Crippen LogP contribution in [0.25, 0.3) is 11.0 Å². The van der Waals surface area contributed by atoms with E-state index in [0.29, 0.717) is 6.54 Å². The molecule has 25 heavy (non-hydrogen) atoms. The Hall–Kier alpha value is -2.73. The van der Waals surface area contributed by atoms with E-state index in [9.17, 15) is 10.1 Å². The Morgan fingerprint density at radius 2 is 1.84 bits per heavy atom. The van der Waals surface area contributed by atoms with Gasteiger partial charge in [-0.2, -0.15) is 0 Å². The SMILES string of the molecule is CNCCc1nc2cc(C)c(C)cc2n1Cc1ccc([N+](=O)[O-])cc1. The maximum absolute atomic E-state index is 10.8. The van der Waals surface area contributed by atoms with Gasteiger partial charge in [0.1, 0.15) is 5.82 Å². The Morgan fingerprint density at radius 3 is 2.48 bits per heavy atom. The van der Waals surface area contributed by atoms with Crippen LogP contribution in [0.1, 0.15) is 22.5 Å². The second-order valence-electron chi connectivity index (χ2n) is 6.32. The molecule has 0 bridgehead atoms. The molecular formula is C19H22N4O2. The second kappa shape index (κ2) is 7.03. The van der Waals surface area contributed by atoms with Crippen LogP contribution in [0.15, 0.2) is 36.4 Å². The van der Waals surface area contributed by atoms with Gasteiger partial charge in [0, 0.05) is 31.6 Å². The molecule has 0 aliphatic carbocycles. The van der Waals surface area contributed by atoms with E-state index in [1.54, 1.807) is 12.1 Å². The summed E-state index contributed by atoms with van der Waals surface area (Å²) in [5.41, 5.74) is 5.70. The zero-order valence-corrected chi connectivity index (χ0v) is 14.7. The Labute approximate surface area is 146 Å². The van der Waals surface area contributed by atoms with Gasteiger partial charge < -0.3 is 9.88 Å². The van der Waals surface area contributed by atoms with Crippen LogP contribution in [0.5, 0.6) is 0 Å². The van der Waals surface area contributed by atoms with Crippen LogP contribution in [0.2, 0.25) is 0 Å². The summed E-state index contributed by atoms with van der Waals surface area (Å²) >= 11 is 0. The van der Waals surface area contributed by atoms with Crippen molar-refractivity contribution in [3.05, 3.63) is 69.0 Å². The Bertz CT molecular complexity index is 913. The molecule has 0 radical (unpaired) electrons. The lowest BCUT2D eigenvalue weighted by atomic mass is 10.1. The standard InChI is InChI=1S/C19H22N4O2/c1-13-10-17-18(11-14(13)2)22(19(21-17)8-9-20-3)12-15-4-6-16(7-5-15)23(24)25/h4-7,10-11,20H,8-9,12H2,1-3H3. The number of nitrogens with zero attached hydrogens (tertiary/aromatic N) is 3. The van der Waals surface area contributed by atoms with Crippen molar-refractivity contribution in [3.63, 3.8) is 0 Å². The fraction of sp³-hybridized carbons (Fsp3) is 0.316. The largest absolute Gasteiger partial charge is 0.323 e. The van der Waals surface area contributed by atoms with Gasteiger partial charge in [-0.15, -0.1) is 0 Å². The highest BCUT2D eigenvalue weighted by atomic mass is 16.6. The molecule has 0 unspecified atom stereocenters. The number of hydrogen-bond donors (Lipinski definition) is 1. The van der Waals surface area contributed by atoms with E-state index < -0.39 is 0 Å². The molecule has 1 heterocycles. The van der Waals surface area contributed by atoms with Gasteiger partial charge in [-0.25, -0.2) is 4.98 Å². The summed E-state index contributed by atoms with van der Waals surface area (Å²) in [6.07, 6.45) is 0.830. The highest BCUT2D eigenvalue weighted by Gasteiger charge is 2.13. The number of nitro benzene ring substituents is 1. The van der Waals surface area contributed by atoms with Gasteiger partial charge in [-0.05, 0) is 49.7 Å². The van der Waals surface area contributed by atoms with Crippen LogP contribution < -0.4 is 5.32 Å². The summed E-state index contributed by atoms with van der Waals surface area (Å²) in [7, 11) is 1.93. The number of non-ortho nitro benzene ring substituents is 1. The van der Waals surface area contributed by atoms with Crippen molar-refractivity contribution in [1.29, 1.82) is 0 Å². The Morgan fingerprint density at radius 1 is 1.16 bits per heavy atom. The third kappa shape index (κ3) is 3.53. The molecule has 0 fully saturated rings. The molecule has 0 atom stereocenters. The third-order valence-corrected chi connectivity index (χ3v) is 4.53. The fourth-order valence-corrected chi connectivity index (χ4v) is 2.94. The minimum absolute atomic E-state index is 0.112. The Kier molecular flexibility index (Phi) is 4.81. The normalized spacial score (nSPS) is 11.2. The van der Waals surface area contributed by atoms with Gasteiger partial charge in [0.25, 0.3) is 5.69 Å². The molecule has 1 N–H and O–H groups in total. The van der Waals surface area contributed by atoms with Gasteiger partial charge in [-0.3, -0.25) is 10.1 Å². The highest BCUT2D eigenvalue weighted by Crippen LogP contribution is 2.23. The van der Waals surface area contributed by atoms with E-state index in [1.807, 2.05) is 19.2 Å². The van der Waals surface area contributed by atoms with Crippen molar-refractivity contribution < 1.29 is 4.92 Å². The molecule has 3 aromatic rings. The van der Waals surface area contributed by atoms with E-state index in [4.69, 9.17) is 4.98 Å². The number of nitro groups is 1. The number of aromatic nitrogens is 2.